The van der Waals surface area contributed by atoms with Crippen LogP contribution in [-0.2, 0) is 7.05 Å². The average Bonchev–Trinajstić information content (AvgIpc) is 3.31. The van der Waals surface area contributed by atoms with E-state index in [0.717, 1.165) is 59.3 Å². The molecular weight excluding hydrogens is 436 g/mol. The number of benzene rings is 2. The summed E-state index contributed by atoms with van der Waals surface area (Å²) in [7, 11) is 5.33. The Morgan fingerprint density at radius 3 is 2.31 bits per heavy atom. The topological polar surface area (TPSA) is 61.2 Å². The Kier molecular flexibility index (Phi) is 8.03. The number of unbranched alkanes of at least 4 members (excludes halogenated alkanes) is 1. The molecule has 0 aliphatic heterocycles. The highest BCUT2D eigenvalue weighted by molar-refractivity contribution is 5.84. The Bertz CT molecular complexity index is 1240. The Morgan fingerprint density at radius 1 is 0.886 bits per heavy atom. The van der Waals surface area contributed by atoms with Crippen molar-refractivity contribution in [3.63, 3.8) is 0 Å². The first-order valence-electron chi connectivity index (χ1n) is 12.3. The molecule has 0 amide bonds. The normalized spacial score (nSPS) is 12.3. The molecule has 4 aromatic rings. The van der Waals surface area contributed by atoms with E-state index in [9.17, 15) is 0 Å². The second-order valence-corrected chi connectivity index (χ2v) is 9.38. The summed E-state index contributed by atoms with van der Waals surface area (Å²) >= 11 is 0. The van der Waals surface area contributed by atoms with Crippen LogP contribution < -0.4 is 14.8 Å². The maximum absolute atomic E-state index is 5.58. The molecule has 0 bridgehead atoms. The molecule has 1 unspecified atom stereocenters. The largest absolute Gasteiger partial charge is 0.497 e. The van der Waals surface area contributed by atoms with E-state index in [2.05, 4.69) is 60.7 Å². The van der Waals surface area contributed by atoms with Gasteiger partial charge in [0.2, 0.25) is 0 Å². The predicted octanol–water partition coefficient (Wildman–Crippen LogP) is 5.95. The molecule has 1 atom stereocenters. The Labute approximate surface area is 208 Å². The van der Waals surface area contributed by atoms with Crippen LogP contribution in [0.4, 0.5) is 0 Å². The van der Waals surface area contributed by atoms with Gasteiger partial charge in [0.1, 0.15) is 11.5 Å². The fourth-order valence-electron chi connectivity index (χ4n) is 4.52. The highest BCUT2D eigenvalue weighted by Gasteiger charge is 2.18. The van der Waals surface area contributed by atoms with Gasteiger partial charge in [-0.3, -0.25) is 9.67 Å². The van der Waals surface area contributed by atoms with Crippen molar-refractivity contribution in [1.29, 1.82) is 0 Å². The summed E-state index contributed by atoms with van der Waals surface area (Å²) in [6.45, 7) is 5.41. The Balaban J connectivity index is 1.69. The number of nitrogens with one attached hydrogen (secondary N) is 1. The van der Waals surface area contributed by atoms with Gasteiger partial charge in [0.25, 0.3) is 0 Å². The fraction of sp³-hybridized carbons (Fsp3) is 0.379. The van der Waals surface area contributed by atoms with Crippen molar-refractivity contribution in [2.75, 3.05) is 20.8 Å². The minimum absolute atomic E-state index is 0.226. The van der Waals surface area contributed by atoms with Crippen molar-refractivity contribution in [2.24, 2.45) is 7.05 Å². The number of nitrogens with zero attached hydrogens (tertiary/aromatic N) is 3. The molecule has 2 heterocycles. The summed E-state index contributed by atoms with van der Waals surface area (Å²) in [5.41, 5.74) is 5.61. The van der Waals surface area contributed by atoms with Gasteiger partial charge in [0, 0.05) is 54.0 Å². The maximum Gasteiger partial charge on any atom is 0.122 e. The number of aryl methyl sites for hydroxylation is 1. The molecule has 0 radical (unpaired) electrons. The number of fused-ring (bicyclic) bond motifs is 1. The molecule has 0 fully saturated rings. The van der Waals surface area contributed by atoms with Crippen LogP contribution >= 0.6 is 0 Å². The van der Waals surface area contributed by atoms with Crippen molar-refractivity contribution in [2.45, 2.75) is 45.1 Å². The summed E-state index contributed by atoms with van der Waals surface area (Å²) in [5.74, 6) is 1.85. The van der Waals surface area contributed by atoms with Gasteiger partial charge in [0.05, 0.1) is 25.9 Å². The van der Waals surface area contributed by atoms with Crippen molar-refractivity contribution in [3.05, 3.63) is 72.2 Å². The zero-order valence-corrected chi connectivity index (χ0v) is 21.4. The molecule has 0 aliphatic carbocycles. The molecule has 2 aromatic carbocycles. The molecule has 35 heavy (non-hydrogen) atoms. The number of aromatic nitrogens is 3. The predicted molar refractivity (Wildman–Crippen MR) is 142 cm³/mol. The monoisotopic (exact) mass is 472 g/mol. The summed E-state index contributed by atoms with van der Waals surface area (Å²) in [6, 6.07) is 15.5. The van der Waals surface area contributed by atoms with E-state index in [0.29, 0.717) is 6.04 Å². The molecule has 0 saturated heterocycles. The molecule has 0 spiro atoms. The van der Waals surface area contributed by atoms with Crippen LogP contribution in [0.5, 0.6) is 11.5 Å². The fourth-order valence-corrected chi connectivity index (χ4v) is 4.52. The lowest BCUT2D eigenvalue weighted by molar-refractivity contribution is 0.392. The molecule has 0 saturated carbocycles. The summed E-state index contributed by atoms with van der Waals surface area (Å²) in [5, 5.41) is 8.97. The van der Waals surface area contributed by atoms with Crippen molar-refractivity contribution in [3.8, 4) is 22.6 Å². The maximum atomic E-state index is 5.58. The number of hydrogen-bond donors (Lipinski definition) is 1. The van der Waals surface area contributed by atoms with E-state index >= 15 is 0 Å². The number of methoxy groups -OCH3 is 2. The second kappa shape index (κ2) is 11.4. The minimum atomic E-state index is 0.226. The minimum Gasteiger partial charge on any atom is -0.497 e. The molecule has 6 heteroatoms. The van der Waals surface area contributed by atoms with Crippen LogP contribution in [0.3, 0.4) is 0 Å². The molecule has 1 N–H and O–H groups in total. The summed E-state index contributed by atoms with van der Waals surface area (Å²) in [6.07, 6.45) is 9.11. The quantitative estimate of drug-likeness (QED) is 0.273. The van der Waals surface area contributed by atoms with Gasteiger partial charge in [-0.1, -0.05) is 26.3 Å². The Hall–Kier alpha value is -3.38. The van der Waals surface area contributed by atoms with Crippen LogP contribution in [0.25, 0.3) is 22.0 Å². The first-order valence-corrected chi connectivity index (χ1v) is 12.3. The lowest BCUT2D eigenvalue weighted by Gasteiger charge is -2.21. The van der Waals surface area contributed by atoms with Crippen molar-refractivity contribution < 1.29 is 9.47 Å². The smallest absolute Gasteiger partial charge is 0.122 e. The van der Waals surface area contributed by atoms with Gasteiger partial charge < -0.3 is 14.8 Å². The molecular formula is C29H36N4O2. The van der Waals surface area contributed by atoms with E-state index in [-0.39, 0.29) is 5.92 Å². The van der Waals surface area contributed by atoms with Crippen LogP contribution in [0.2, 0.25) is 0 Å². The Morgan fingerprint density at radius 2 is 1.66 bits per heavy atom. The third-order valence-corrected chi connectivity index (χ3v) is 6.39. The number of rotatable bonds is 11. The summed E-state index contributed by atoms with van der Waals surface area (Å²) < 4.78 is 13.0. The second-order valence-electron chi connectivity index (χ2n) is 9.38. The van der Waals surface area contributed by atoms with Gasteiger partial charge >= 0.3 is 0 Å². The molecule has 184 valence electrons. The number of pyridine rings is 1. The van der Waals surface area contributed by atoms with E-state index in [1.165, 1.54) is 11.1 Å². The van der Waals surface area contributed by atoms with Crippen LogP contribution in [0, 0.1) is 0 Å². The first-order chi connectivity index (χ1) is 17.0. The van der Waals surface area contributed by atoms with Crippen molar-refractivity contribution in [1.82, 2.24) is 20.1 Å². The van der Waals surface area contributed by atoms with Gasteiger partial charge in [-0.2, -0.15) is 5.10 Å². The highest BCUT2D eigenvalue weighted by Crippen LogP contribution is 2.36. The standard InChI is InChI=1S/C29H36N4O2/c1-20(2)30-11-7-6-8-28(22-14-26(34-4)16-27(15-22)35-5)21-9-10-29-23(12-21)13-24(17-31-29)25-18-32-33(3)19-25/h9-10,12-20,28,30H,6-8,11H2,1-5H3. The molecule has 0 aliphatic rings. The number of hydrogen-bond acceptors (Lipinski definition) is 5. The lowest BCUT2D eigenvalue weighted by Crippen LogP contribution is -2.23. The summed E-state index contributed by atoms with van der Waals surface area (Å²) in [4.78, 5) is 4.71. The molecule has 2 aromatic heterocycles. The van der Waals surface area contributed by atoms with E-state index in [4.69, 9.17) is 14.5 Å². The van der Waals surface area contributed by atoms with E-state index < -0.39 is 0 Å². The van der Waals surface area contributed by atoms with Crippen LogP contribution in [0.1, 0.15) is 50.2 Å². The van der Waals surface area contributed by atoms with Crippen LogP contribution in [0.15, 0.2) is 61.1 Å². The van der Waals surface area contributed by atoms with Gasteiger partial charge in [-0.15, -0.1) is 0 Å². The van der Waals surface area contributed by atoms with Crippen LogP contribution in [-0.4, -0.2) is 41.6 Å². The van der Waals surface area contributed by atoms with Gasteiger partial charge in [-0.05, 0) is 60.8 Å². The van der Waals surface area contributed by atoms with E-state index in [1.54, 1.807) is 14.2 Å². The third kappa shape index (κ3) is 6.20. The van der Waals surface area contributed by atoms with Gasteiger partial charge in [-0.25, -0.2) is 0 Å². The SMILES string of the molecule is COc1cc(OC)cc(C(CCCCNC(C)C)c2ccc3ncc(-c4cnn(C)c4)cc3c2)c1. The van der Waals surface area contributed by atoms with E-state index in [1.807, 2.05) is 36.4 Å². The van der Waals surface area contributed by atoms with Crippen molar-refractivity contribution >= 4 is 10.9 Å². The highest BCUT2D eigenvalue weighted by atomic mass is 16.5. The molecule has 6 nitrogen and oxygen atoms in total. The lowest BCUT2D eigenvalue weighted by atomic mass is 9.86. The molecule has 4 rings (SSSR count). The third-order valence-electron chi connectivity index (χ3n) is 6.39. The van der Waals surface area contributed by atoms with Gasteiger partial charge in [0.15, 0.2) is 0 Å². The average molecular weight is 473 g/mol. The first kappa shape index (κ1) is 24.7. The number of ether oxygens (including phenoxy) is 2. The zero-order valence-electron chi connectivity index (χ0n) is 21.4. The zero-order chi connectivity index (χ0) is 24.8.